The predicted molar refractivity (Wildman–Crippen MR) is 87.8 cm³/mol. The third kappa shape index (κ3) is 5.14. The molecule has 0 bridgehead atoms. The molecule has 0 radical (unpaired) electrons. The van der Waals surface area contributed by atoms with Crippen LogP contribution in [0, 0.1) is 0 Å². The van der Waals surface area contributed by atoms with Gasteiger partial charge in [-0.3, -0.25) is 9.59 Å². The fourth-order valence-corrected chi connectivity index (χ4v) is 4.41. The van der Waals surface area contributed by atoms with Gasteiger partial charge in [-0.2, -0.15) is 4.31 Å². The van der Waals surface area contributed by atoms with E-state index in [-0.39, 0.29) is 6.54 Å². The summed E-state index contributed by atoms with van der Waals surface area (Å²) in [5.41, 5.74) is 0. The predicted octanol–water partition coefficient (Wildman–Crippen LogP) is 0.184. The van der Waals surface area contributed by atoms with E-state index < -0.39 is 64.5 Å². The lowest BCUT2D eigenvalue weighted by Crippen LogP contribution is -2.65. The molecule has 0 aliphatic carbocycles. The van der Waals surface area contributed by atoms with Gasteiger partial charge in [0.25, 0.3) is 0 Å². The first-order chi connectivity index (χ1) is 13.4. The number of alkyl halides is 3. The largest absolute Gasteiger partial charge is 0.573 e. The molecule has 0 aromatic heterocycles. The van der Waals surface area contributed by atoms with Gasteiger partial charge in [-0.25, -0.2) is 8.42 Å². The Morgan fingerprint density at radius 3 is 2.24 bits per heavy atom. The number of carbonyl (C=O) groups excluding carboxylic acids is 1. The van der Waals surface area contributed by atoms with Crippen LogP contribution in [0.3, 0.4) is 0 Å². The average Bonchev–Trinajstić information content (AvgIpc) is 2.60. The minimum absolute atomic E-state index is 0.224. The molecule has 29 heavy (non-hydrogen) atoms. The van der Waals surface area contributed by atoms with Gasteiger partial charge in [-0.15, -0.1) is 13.2 Å². The van der Waals surface area contributed by atoms with Crippen LogP contribution in [0.1, 0.15) is 6.92 Å². The van der Waals surface area contributed by atoms with Gasteiger partial charge >= 0.3 is 12.3 Å². The van der Waals surface area contributed by atoms with Crippen LogP contribution < -0.4 is 4.74 Å². The number of ether oxygens (including phenoxy) is 2. The summed E-state index contributed by atoms with van der Waals surface area (Å²) in [7, 11) is -4.50. The highest BCUT2D eigenvalue weighted by atomic mass is 32.2. The first-order valence-corrected chi connectivity index (χ1v) is 9.42. The summed E-state index contributed by atoms with van der Waals surface area (Å²) in [4.78, 5) is 24.0. The molecule has 2 rings (SSSR count). The molecule has 1 aliphatic rings. The Bertz CT molecular complexity index is 859. The second-order valence-electron chi connectivity index (χ2n) is 5.82. The SMILES string of the molecule is CC(=O)N1CCN(S(=O)(=O)c2ccc(OC(F)(F)F)cc2)C(C(=O)O)C1OCO. The molecule has 1 heterocycles. The lowest BCUT2D eigenvalue weighted by Gasteiger charge is -2.43. The van der Waals surface area contributed by atoms with Gasteiger partial charge in [0.1, 0.15) is 12.5 Å². The van der Waals surface area contributed by atoms with Crippen molar-refractivity contribution in [1.29, 1.82) is 0 Å². The maximum Gasteiger partial charge on any atom is 0.573 e. The number of hydrogen-bond acceptors (Lipinski definition) is 7. The van der Waals surface area contributed by atoms with Gasteiger partial charge in [0, 0.05) is 20.0 Å². The summed E-state index contributed by atoms with van der Waals surface area (Å²) in [6.07, 6.45) is -6.57. The maximum atomic E-state index is 12.9. The van der Waals surface area contributed by atoms with Crippen LogP contribution in [0.4, 0.5) is 13.2 Å². The van der Waals surface area contributed by atoms with E-state index in [9.17, 15) is 36.3 Å². The molecule has 2 N–H and O–H groups in total. The summed E-state index contributed by atoms with van der Waals surface area (Å²) in [5.74, 6) is -2.90. The van der Waals surface area contributed by atoms with E-state index in [4.69, 9.17) is 9.84 Å². The Morgan fingerprint density at radius 2 is 1.79 bits per heavy atom. The number of sulfonamides is 1. The van der Waals surface area contributed by atoms with Gasteiger partial charge in [0.15, 0.2) is 12.3 Å². The molecule has 1 amide bonds. The molecule has 2 atom stereocenters. The zero-order valence-corrected chi connectivity index (χ0v) is 15.7. The Kier molecular flexibility index (Phi) is 6.72. The highest BCUT2D eigenvalue weighted by Crippen LogP contribution is 2.29. The van der Waals surface area contributed by atoms with Crippen molar-refractivity contribution in [3.8, 4) is 5.75 Å². The number of piperazine rings is 1. The molecular weight excluding hydrogens is 425 g/mol. The molecule has 1 saturated heterocycles. The van der Waals surface area contributed by atoms with Crippen LogP contribution in [0.25, 0.3) is 0 Å². The fourth-order valence-electron chi connectivity index (χ4n) is 2.84. The van der Waals surface area contributed by atoms with Crippen molar-refractivity contribution in [3.05, 3.63) is 24.3 Å². The van der Waals surface area contributed by atoms with Gasteiger partial charge in [0.05, 0.1) is 4.90 Å². The van der Waals surface area contributed by atoms with Crippen molar-refractivity contribution < 1.29 is 50.9 Å². The van der Waals surface area contributed by atoms with E-state index in [2.05, 4.69) is 4.74 Å². The molecular formula is C15H17F3N2O8S. The summed E-state index contributed by atoms with van der Waals surface area (Å²) in [5, 5.41) is 18.6. The summed E-state index contributed by atoms with van der Waals surface area (Å²) in [6, 6.07) is 1.30. The van der Waals surface area contributed by atoms with Crippen LogP contribution in [-0.4, -0.2) is 78.2 Å². The number of amides is 1. The van der Waals surface area contributed by atoms with Crippen LogP contribution in [-0.2, 0) is 24.3 Å². The maximum absolute atomic E-state index is 12.9. The first kappa shape index (κ1) is 22.9. The first-order valence-electron chi connectivity index (χ1n) is 7.98. The number of aliphatic hydroxyl groups excluding tert-OH is 1. The van der Waals surface area contributed by atoms with E-state index in [1.807, 2.05) is 0 Å². The standard InChI is InChI=1S/C15H17F3N2O8S/c1-9(22)19-6-7-20(12(14(23)24)13(19)27-8-21)29(25,26)11-4-2-10(3-5-11)28-15(16,17)18/h2-5,12-13,21H,6-8H2,1H3,(H,23,24). The fraction of sp³-hybridized carbons (Fsp3) is 0.467. The average molecular weight is 442 g/mol. The number of carboxylic acids is 1. The molecule has 10 nitrogen and oxygen atoms in total. The van der Waals surface area contributed by atoms with Crippen LogP contribution >= 0.6 is 0 Å². The lowest BCUT2D eigenvalue weighted by atomic mass is 10.1. The number of benzene rings is 1. The van der Waals surface area contributed by atoms with Crippen molar-refractivity contribution >= 4 is 21.9 Å². The van der Waals surface area contributed by atoms with Crippen molar-refractivity contribution in [2.75, 3.05) is 19.9 Å². The van der Waals surface area contributed by atoms with Gasteiger partial charge in [-0.1, -0.05) is 0 Å². The highest BCUT2D eigenvalue weighted by molar-refractivity contribution is 7.89. The number of carbonyl (C=O) groups is 2. The topological polar surface area (TPSA) is 134 Å². The molecule has 1 aromatic carbocycles. The molecule has 0 saturated carbocycles. The molecule has 162 valence electrons. The van der Waals surface area contributed by atoms with Crippen molar-refractivity contribution in [2.24, 2.45) is 0 Å². The summed E-state index contributed by atoms with van der Waals surface area (Å²) in [6.45, 7) is -0.491. The van der Waals surface area contributed by atoms with Crippen molar-refractivity contribution in [2.45, 2.75) is 30.5 Å². The third-order valence-corrected chi connectivity index (χ3v) is 5.91. The second-order valence-corrected chi connectivity index (χ2v) is 7.71. The Morgan fingerprint density at radius 1 is 1.21 bits per heavy atom. The molecule has 0 spiro atoms. The molecule has 14 heteroatoms. The van der Waals surface area contributed by atoms with Gasteiger partial charge in [-0.05, 0) is 24.3 Å². The highest BCUT2D eigenvalue weighted by Gasteiger charge is 2.48. The van der Waals surface area contributed by atoms with Crippen LogP contribution in [0.2, 0.25) is 0 Å². The van der Waals surface area contributed by atoms with E-state index in [1.165, 1.54) is 0 Å². The number of rotatable bonds is 6. The monoisotopic (exact) mass is 442 g/mol. The number of aliphatic carboxylic acids is 1. The summed E-state index contributed by atoms with van der Waals surface area (Å²) < 4.78 is 71.7. The number of hydrogen-bond donors (Lipinski definition) is 2. The zero-order valence-electron chi connectivity index (χ0n) is 14.9. The smallest absolute Gasteiger partial charge is 0.480 e. The quantitative estimate of drug-likeness (QED) is 0.597. The Labute approximate surface area is 163 Å². The normalized spacial score (nSPS) is 21.1. The minimum atomic E-state index is -4.97. The number of aliphatic hydroxyl groups is 1. The van der Waals surface area contributed by atoms with Crippen LogP contribution in [0.15, 0.2) is 29.2 Å². The van der Waals surface area contributed by atoms with Crippen molar-refractivity contribution in [3.63, 3.8) is 0 Å². The molecule has 1 aliphatic heterocycles. The van der Waals surface area contributed by atoms with E-state index in [1.54, 1.807) is 0 Å². The molecule has 1 aromatic rings. The molecule has 2 unspecified atom stereocenters. The second kappa shape index (κ2) is 8.52. The zero-order chi connectivity index (χ0) is 22.0. The third-order valence-electron chi connectivity index (χ3n) is 4.02. The van der Waals surface area contributed by atoms with Gasteiger partial charge in [0.2, 0.25) is 15.9 Å². The van der Waals surface area contributed by atoms with Crippen molar-refractivity contribution in [1.82, 2.24) is 9.21 Å². The van der Waals surface area contributed by atoms with Crippen LogP contribution in [0.5, 0.6) is 5.75 Å². The Hall–Kier alpha value is -2.42. The van der Waals surface area contributed by atoms with E-state index >= 15 is 0 Å². The van der Waals surface area contributed by atoms with Gasteiger partial charge < -0.3 is 24.6 Å². The summed E-state index contributed by atoms with van der Waals surface area (Å²) >= 11 is 0. The number of halogens is 3. The lowest BCUT2D eigenvalue weighted by molar-refractivity contribution is -0.274. The van der Waals surface area contributed by atoms with E-state index in [0.717, 1.165) is 36.1 Å². The number of nitrogens with zero attached hydrogens (tertiary/aromatic N) is 2. The minimum Gasteiger partial charge on any atom is -0.480 e. The van der Waals surface area contributed by atoms with E-state index in [0.29, 0.717) is 4.31 Å². The Balaban J connectivity index is 2.39. The molecule has 1 fully saturated rings. The number of carboxylic acid groups (broad SMARTS) is 1.